The lowest BCUT2D eigenvalue weighted by molar-refractivity contribution is -0.384. The van der Waals surface area contributed by atoms with Crippen molar-refractivity contribution in [1.29, 1.82) is 0 Å². The van der Waals surface area contributed by atoms with Crippen LogP contribution in [0.4, 0.5) is 16.5 Å². The Bertz CT molecular complexity index is 1090. The van der Waals surface area contributed by atoms with Crippen LogP contribution in [0.15, 0.2) is 74.9 Å². The molecule has 0 atom stereocenters. The number of thiazole rings is 1. The van der Waals surface area contributed by atoms with Crippen LogP contribution in [0, 0.1) is 10.1 Å². The van der Waals surface area contributed by atoms with Crippen LogP contribution in [0.25, 0.3) is 22.8 Å². The zero-order valence-corrected chi connectivity index (χ0v) is 16.2. The summed E-state index contributed by atoms with van der Waals surface area (Å²) in [5.74, 6) is 1.28. The molecular formula is C19H12BrN3O3S. The average Bonchev–Trinajstić information content (AvgIpc) is 3.33. The van der Waals surface area contributed by atoms with Gasteiger partial charge in [-0.1, -0.05) is 15.9 Å². The van der Waals surface area contributed by atoms with Crippen molar-refractivity contribution >= 4 is 43.8 Å². The molecule has 0 fully saturated rings. The van der Waals surface area contributed by atoms with E-state index in [-0.39, 0.29) is 5.69 Å². The predicted molar refractivity (Wildman–Crippen MR) is 109 cm³/mol. The van der Waals surface area contributed by atoms with Gasteiger partial charge >= 0.3 is 0 Å². The van der Waals surface area contributed by atoms with E-state index in [1.807, 2.05) is 41.8 Å². The monoisotopic (exact) mass is 441 g/mol. The lowest BCUT2D eigenvalue weighted by atomic mass is 10.1. The first-order chi connectivity index (χ1) is 13.1. The number of nitro groups is 1. The van der Waals surface area contributed by atoms with Crippen LogP contribution in [0.2, 0.25) is 0 Å². The molecule has 0 spiro atoms. The van der Waals surface area contributed by atoms with E-state index < -0.39 is 4.92 Å². The predicted octanol–water partition coefficient (Wildman–Crippen LogP) is 6.48. The number of aromatic nitrogens is 1. The van der Waals surface area contributed by atoms with Gasteiger partial charge in [-0.2, -0.15) is 0 Å². The maximum atomic E-state index is 10.8. The maximum absolute atomic E-state index is 10.8. The maximum Gasteiger partial charge on any atom is 0.269 e. The first-order valence-electron chi connectivity index (χ1n) is 7.92. The summed E-state index contributed by atoms with van der Waals surface area (Å²) < 4.78 is 6.89. The highest BCUT2D eigenvalue weighted by atomic mass is 79.9. The number of nitrogens with one attached hydrogen (secondary N) is 1. The molecule has 0 unspecified atom stereocenters. The van der Waals surface area contributed by atoms with Crippen molar-refractivity contribution in [2.24, 2.45) is 0 Å². The molecule has 27 heavy (non-hydrogen) atoms. The van der Waals surface area contributed by atoms with Gasteiger partial charge < -0.3 is 9.73 Å². The van der Waals surface area contributed by atoms with Crippen molar-refractivity contribution < 1.29 is 9.34 Å². The van der Waals surface area contributed by atoms with Gasteiger partial charge in [0.15, 0.2) is 10.9 Å². The third-order valence-electron chi connectivity index (χ3n) is 3.82. The van der Waals surface area contributed by atoms with Crippen LogP contribution in [-0.2, 0) is 0 Å². The van der Waals surface area contributed by atoms with Crippen LogP contribution >= 0.6 is 27.3 Å². The summed E-state index contributed by atoms with van der Waals surface area (Å²) in [7, 11) is 0. The molecule has 0 amide bonds. The fourth-order valence-electron chi connectivity index (χ4n) is 2.48. The Morgan fingerprint density at radius 2 is 1.70 bits per heavy atom. The SMILES string of the molecule is O=[N+]([O-])c1ccc(-c2ccc(-c3csc(Nc4ccc(Br)cc4)n3)o2)cc1. The Morgan fingerprint density at radius 1 is 1.00 bits per heavy atom. The molecule has 0 saturated heterocycles. The lowest BCUT2D eigenvalue weighted by Gasteiger charge is -2.01. The molecule has 0 bridgehead atoms. The van der Waals surface area contributed by atoms with Gasteiger partial charge in [0.1, 0.15) is 11.5 Å². The van der Waals surface area contributed by atoms with Crippen molar-refractivity contribution in [1.82, 2.24) is 4.98 Å². The Labute approximate surface area is 166 Å². The molecule has 0 aliphatic rings. The molecule has 4 aromatic rings. The van der Waals surface area contributed by atoms with E-state index in [0.717, 1.165) is 26.5 Å². The fourth-order valence-corrected chi connectivity index (χ4v) is 3.46. The number of hydrogen-bond acceptors (Lipinski definition) is 6. The normalized spacial score (nSPS) is 10.7. The topological polar surface area (TPSA) is 81.2 Å². The van der Waals surface area contributed by atoms with Crippen molar-refractivity contribution in [2.45, 2.75) is 0 Å². The molecule has 8 heteroatoms. The zero-order valence-electron chi connectivity index (χ0n) is 13.8. The molecule has 2 heterocycles. The van der Waals surface area contributed by atoms with Gasteiger partial charge in [-0.05, 0) is 48.5 Å². The first-order valence-corrected chi connectivity index (χ1v) is 9.59. The summed E-state index contributed by atoms with van der Waals surface area (Å²) in [4.78, 5) is 14.9. The molecule has 0 aliphatic heterocycles. The number of furan rings is 1. The molecule has 2 aromatic carbocycles. The van der Waals surface area contributed by atoms with Gasteiger partial charge in [-0.15, -0.1) is 11.3 Å². The molecule has 4 rings (SSSR count). The molecule has 2 aromatic heterocycles. The lowest BCUT2D eigenvalue weighted by Crippen LogP contribution is -1.88. The summed E-state index contributed by atoms with van der Waals surface area (Å²) in [6, 6.07) is 17.8. The van der Waals surface area contributed by atoms with Crippen LogP contribution in [0.1, 0.15) is 0 Å². The van der Waals surface area contributed by atoms with E-state index >= 15 is 0 Å². The quantitative estimate of drug-likeness (QED) is 0.282. The van der Waals surface area contributed by atoms with E-state index in [9.17, 15) is 10.1 Å². The van der Waals surface area contributed by atoms with Crippen molar-refractivity contribution in [2.75, 3.05) is 5.32 Å². The summed E-state index contributed by atoms with van der Waals surface area (Å²) in [5.41, 5.74) is 2.50. The smallest absolute Gasteiger partial charge is 0.269 e. The van der Waals surface area contributed by atoms with E-state index in [2.05, 4.69) is 26.2 Å². The minimum atomic E-state index is -0.424. The highest BCUT2D eigenvalue weighted by molar-refractivity contribution is 9.10. The van der Waals surface area contributed by atoms with Gasteiger partial charge in [0.2, 0.25) is 0 Å². The van der Waals surface area contributed by atoms with E-state index in [1.54, 1.807) is 12.1 Å². The van der Waals surface area contributed by atoms with Gasteiger partial charge in [0.05, 0.1) is 4.92 Å². The number of non-ortho nitro benzene ring substituents is 1. The summed E-state index contributed by atoms with van der Waals surface area (Å²) >= 11 is 4.90. The Kier molecular flexibility index (Phi) is 4.74. The molecule has 0 saturated carbocycles. The van der Waals surface area contributed by atoms with Gasteiger partial charge in [0, 0.05) is 33.2 Å². The standard InChI is InChI=1S/C19H12BrN3O3S/c20-13-3-5-14(6-4-13)21-19-22-16(11-27-19)18-10-9-17(26-18)12-1-7-15(8-2-12)23(24)25/h1-11H,(H,21,22). The Balaban J connectivity index is 1.52. The largest absolute Gasteiger partial charge is 0.454 e. The first kappa shape index (κ1) is 17.4. The third-order valence-corrected chi connectivity index (χ3v) is 5.11. The molecular weight excluding hydrogens is 430 g/mol. The molecule has 0 radical (unpaired) electrons. The summed E-state index contributed by atoms with van der Waals surface area (Å²) in [5, 5.41) is 16.7. The number of anilines is 2. The fraction of sp³-hybridized carbons (Fsp3) is 0. The van der Waals surface area contributed by atoms with E-state index in [4.69, 9.17) is 4.42 Å². The number of nitrogens with zero attached hydrogens (tertiary/aromatic N) is 2. The number of benzene rings is 2. The summed E-state index contributed by atoms with van der Waals surface area (Å²) in [6.45, 7) is 0. The Morgan fingerprint density at radius 3 is 2.41 bits per heavy atom. The number of rotatable bonds is 5. The highest BCUT2D eigenvalue weighted by Crippen LogP contribution is 2.32. The second-order valence-corrected chi connectivity index (χ2v) is 7.41. The molecule has 6 nitrogen and oxygen atoms in total. The van der Waals surface area contributed by atoms with Crippen LogP contribution in [0.5, 0.6) is 0 Å². The molecule has 134 valence electrons. The van der Waals surface area contributed by atoms with Crippen molar-refractivity contribution in [3.63, 3.8) is 0 Å². The van der Waals surface area contributed by atoms with Crippen LogP contribution in [-0.4, -0.2) is 9.91 Å². The molecule has 1 N–H and O–H groups in total. The van der Waals surface area contributed by atoms with Crippen LogP contribution in [0.3, 0.4) is 0 Å². The van der Waals surface area contributed by atoms with Crippen LogP contribution < -0.4 is 5.32 Å². The minimum Gasteiger partial charge on any atom is -0.454 e. The third kappa shape index (κ3) is 3.91. The highest BCUT2D eigenvalue weighted by Gasteiger charge is 2.12. The van der Waals surface area contributed by atoms with E-state index in [0.29, 0.717) is 11.5 Å². The second-order valence-electron chi connectivity index (χ2n) is 5.64. The summed E-state index contributed by atoms with van der Waals surface area (Å²) in [6.07, 6.45) is 0. The van der Waals surface area contributed by atoms with Gasteiger partial charge in [-0.25, -0.2) is 4.98 Å². The Hall–Kier alpha value is -2.97. The van der Waals surface area contributed by atoms with Gasteiger partial charge in [0.25, 0.3) is 5.69 Å². The van der Waals surface area contributed by atoms with Crippen molar-refractivity contribution in [3.8, 4) is 22.8 Å². The van der Waals surface area contributed by atoms with Gasteiger partial charge in [-0.3, -0.25) is 10.1 Å². The minimum absolute atomic E-state index is 0.0497. The second kappa shape index (κ2) is 7.34. The average molecular weight is 442 g/mol. The number of halogens is 1. The van der Waals surface area contributed by atoms with Crippen molar-refractivity contribution in [3.05, 3.63) is 80.6 Å². The number of hydrogen-bond donors (Lipinski definition) is 1. The van der Waals surface area contributed by atoms with E-state index in [1.165, 1.54) is 23.5 Å². The number of nitro benzene ring substituents is 1. The zero-order chi connectivity index (χ0) is 18.8. The molecule has 0 aliphatic carbocycles.